The van der Waals surface area contributed by atoms with E-state index in [0.29, 0.717) is 6.61 Å². The molecule has 0 spiro atoms. The predicted octanol–water partition coefficient (Wildman–Crippen LogP) is 4.36. The van der Waals surface area contributed by atoms with Gasteiger partial charge in [-0.25, -0.2) is 5.09 Å². The lowest BCUT2D eigenvalue weighted by molar-refractivity contribution is 0.221. The third-order valence-corrected chi connectivity index (χ3v) is 8.95. The first kappa shape index (κ1) is 19.3. The molecule has 1 fully saturated rings. The molecule has 126 valence electrons. The van der Waals surface area contributed by atoms with E-state index in [9.17, 15) is 9.13 Å². The molecule has 0 aliphatic heterocycles. The van der Waals surface area contributed by atoms with Crippen molar-refractivity contribution in [3.05, 3.63) is 0 Å². The van der Waals surface area contributed by atoms with Crippen LogP contribution >= 0.6 is 15.1 Å². The van der Waals surface area contributed by atoms with Gasteiger partial charge in [-0.05, 0) is 33.6 Å². The smallest absolute Gasteiger partial charge is 0.317 e. The van der Waals surface area contributed by atoms with Gasteiger partial charge in [-0.2, -0.15) is 0 Å². The summed E-state index contributed by atoms with van der Waals surface area (Å²) in [6, 6.07) is 0.160. The van der Waals surface area contributed by atoms with Gasteiger partial charge in [0.15, 0.2) is 0 Å². The molecular formula is C13H29NO5P2. The molecule has 1 unspecified atom stereocenters. The molecule has 1 N–H and O–H groups in total. The minimum atomic E-state index is -3.39. The number of hydrogen-bond acceptors (Lipinski definition) is 5. The fraction of sp³-hybridized carbons (Fsp3) is 1.00. The van der Waals surface area contributed by atoms with E-state index in [2.05, 4.69) is 5.09 Å². The molecule has 0 amide bonds. The Labute approximate surface area is 128 Å². The summed E-state index contributed by atoms with van der Waals surface area (Å²) >= 11 is 0. The summed E-state index contributed by atoms with van der Waals surface area (Å²) in [5, 5.41) is 3.11. The van der Waals surface area contributed by atoms with Crippen LogP contribution in [0.1, 0.15) is 52.9 Å². The molecule has 0 heterocycles. The molecule has 6 nitrogen and oxygen atoms in total. The van der Waals surface area contributed by atoms with Crippen molar-refractivity contribution in [2.75, 3.05) is 25.7 Å². The van der Waals surface area contributed by atoms with E-state index in [4.69, 9.17) is 13.6 Å². The third kappa shape index (κ3) is 6.94. The molecular weight excluding hydrogens is 312 g/mol. The molecule has 0 aromatic heterocycles. The molecule has 1 rings (SSSR count). The molecule has 1 atom stereocenters. The van der Waals surface area contributed by atoms with Crippen LogP contribution in [0.25, 0.3) is 0 Å². The van der Waals surface area contributed by atoms with Gasteiger partial charge in [0.2, 0.25) is 0 Å². The van der Waals surface area contributed by atoms with Crippen LogP contribution in [-0.4, -0.2) is 31.8 Å². The SMILES string of the molecule is CCOP(=O)(CP(=O)(OCC)OCC)NC1CCCCC1. The minimum Gasteiger partial charge on any atom is -0.317 e. The number of hydrogen-bond donors (Lipinski definition) is 1. The topological polar surface area (TPSA) is 73.9 Å². The number of rotatable bonds is 10. The van der Waals surface area contributed by atoms with E-state index in [-0.39, 0.29) is 25.2 Å². The molecule has 1 aliphatic carbocycles. The zero-order valence-electron chi connectivity index (χ0n) is 13.4. The number of nitrogens with one attached hydrogen (secondary N) is 1. The molecule has 1 aliphatic rings. The van der Waals surface area contributed by atoms with Crippen LogP contribution in [-0.2, 0) is 22.7 Å². The molecule has 0 aromatic carbocycles. The van der Waals surface area contributed by atoms with Crippen molar-refractivity contribution in [1.29, 1.82) is 0 Å². The van der Waals surface area contributed by atoms with Gasteiger partial charge in [-0.1, -0.05) is 19.3 Å². The quantitative estimate of drug-likeness (QED) is 0.595. The van der Waals surface area contributed by atoms with Crippen molar-refractivity contribution in [1.82, 2.24) is 5.09 Å². The van der Waals surface area contributed by atoms with Gasteiger partial charge >= 0.3 is 7.60 Å². The summed E-state index contributed by atoms with van der Waals surface area (Å²) in [5.74, 6) is -0.202. The van der Waals surface area contributed by atoms with Crippen molar-refractivity contribution in [3.8, 4) is 0 Å². The highest BCUT2D eigenvalue weighted by Crippen LogP contribution is 2.61. The zero-order valence-corrected chi connectivity index (χ0v) is 15.2. The van der Waals surface area contributed by atoms with Crippen LogP contribution in [0.3, 0.4) is 0 Å². The second-order valence-electron chi connectivity index (χ2n) is 5.14. The van der Waals surface area contributed by atoms with Gasteiger partial charge in [-0.15, -0.1) is 0 Å². The molecule has 0 radical (unpaired) electrons. The fourth-order valence-corrected chi connectivity index (χ4v) is 7.88. The normalized spacial score (nSPS) is 20.3. The lowest BCUT2D eigenvalue weighted by Gasteiger charge is -2.29. The van der Waals surface area contributed by atoms with Gasteiger partial charge in [0.25, 0.3) is 7.52 Å². The van der Waals surface area contributed by atoms with Crippen LogP contribution in [0.2, 0.25) is 0 Å². The van der Waals surface area contributed by atoms with Crippen molar-refractivity contribution in [3.63, 3.8) is 0 Å². The Morgan fingerprint density at radius 1 is 0.905 bits per heavy atom. The standard InChI is InChI=1S/C13H29NO5P2/c1-4-17-20(15,14-13-10-8-7-9-11-13)12-21(16,18-5-2)19-6-3/h13H,4-12H2,1-3H3,(H,14,15). The highest BCUT2D eigenvalue weighted by molar-refractivity contribution is 7.72. The first-order chi connectivity index (χ1) is 9.97. The van der Waals surface area contributed by atoms with Crippen LogP contribution in [0.15, 0.2) is 0 Å². The Balaban J connectivity index is 2.76. The summed E-state index contributed by atoms with van der Waals surface area (Å²) in [6.45, 7) is 6.08. The summed E-state index contributed by atoms with van der Waals surface area (Å²) < 4.78 is 41.5. The average molecular weight is 341 g/mol. The molecule has 1 saturated carbocycles. The maximum atomic E-state index is 13.0. The van der Waals surface area contributed by atoms with Gasteiger partial charge < -0.3 is 13.6 Å². The molecule has 0 bridgehead atoms. The van der Waals surface area contributed by atoms with Gasteiger partial charge in [0, 0.05) is 6.04 Å². The van der Waals surface area contributed by atoms with Gasteiger partial charge in [0.1, 0.15) is 5.90 Å². The van der Waals surface area contributed by atoms with E-state index in [1.54, 1.807) is 20.8 Å². The first-order valence-electron chi connectivity index (χ1n) is 7.86. The Morgan fingerprint density at radius 2 is 1.43 bits per heavy atom. The van der Waals surface area contributed by atoms with Crippen molar-refractivity contribution in [2.45, 2.75) is 58.9 Å². The molecule has 21 heavy (non-hydrogen) atoms. The summed E-state index contributed by atoms with van der Waals surface area (Å²) in [4.78, 5) is 0. The average Bonchev–Trinajstić information content (AvgIpc) is 2.39. The second-order valence-corrected chi connectivity index (χ2v) is 9.88. The van der Waals surface area contributed by atoms with Gasteiger partial charge in [-0.3, -0.25) is 9.13 Å². The maximum Gasteiger partial charge on any atom is 0.341 e. The highest BCUT2D eigenvalue weighted by Gasteiger charge is 2.38. The van der Waals surface area contributed by atoms with E-state index in [0.717, 1.165) is 25.7 Å². The molecule has 0 saturated heterocycles. The predicted molar refractivity (Wildman–Crippen MR) is 85.0 cm³/mol. The summed E-state index contributed by atoms with van der Waals surface area (Å²) in [5.41, 5.74) is 0. The monoisotopic (exact) mass is 341 g/mol. The van der Waals surface area contributed by atoms with Gasteiger partial charge in [0.05, 0.1) is 19.8 Å². The Bertz CT molecular complexity index is 375. The highest BCUT2D eigenvalue weighted by atomic mass is 31.2. The van der Waals surface area contributed by atoms with E-state index < -0.39 is 15.1 Å². The molecule has 0 aromatic rings. The van der Waals surface area contributed by atoms with Crippen LogP contribution < -0.4 is 5.09 Å². The van der Waals surface area contributed by atoms with Crippen LogP contribution in [0, 0.1) is 0 Å². The minimum absolute atomic E-state index is 0.160. The Kier molecular flexibility index (Phi) is 8.70. The fourth-order valence-electron chi connectivity index (χ4n) is 2.58. The first-order valence-corrected chi connectivity index (χ1v) is 11.4. The summed E-state index contributed by atoms with van der Waals surface area (Å²) in [6.07, 6.45) is 5.42. The Morgan fingerprint density at radius 3 is 1.90 bits per heavy atom. The lowest BCUT2D eigenvalue weighted by Crippen LogP contribution is -2.30. The third-order valence-electron chi connectivity index (χ3n) is 3.33. The van der Waals surface area contributed by atoms with Crippen molar-refractivity contribution >= 4 is 15.1 Å². The van der Waals surface area contributed by atoms with Crippen molar-refractivity contribution in [2.24, 2.45) is 0 Å². The van der Waals surface area contributed by atoms with Crippen molar-refractivity contribution < 1.29 is 22.7 Å². The molecule has 8 heteroatoms. The van der Waals surface area contributed by atoms with E-state index in [1.165, 1.54) is 6.42 Å². The van der Waals surface area contributed by atoms with E-state index >= 15 is 0 Å². The zero-order chi connectivity index (χ0) is 15.8. The van der Waals surface area contributed by atoms with Crippen LogP contribution in [0.5, 0.6) is 0 Å². The van der Waals surface area contributed by atoms with Crippen LogP contribution in [0.4, 0.5) is 0 Å². The second kappa shape index (κ2) is 9.44. The Hall–Kier alpha value is 0.300. The maximum absolute atomic E-state index is 13.0. The largest absolute Gasteiger partial charge is 0.341 e. The lowest BCUT2D eigenvalue weighted by atomic mass is 9.96. The summed E-state index contributed by atoms with van der Waals surface area (Å²) in [7, 11) is -6.62. The van der Waals surface area contributed by atoms with E-state index in [1.807, 2.05) is 0 Å².